The van der Waals surface area contributed by atoms with E-state index in [1.807, 2.05) is 41.3 Å². The van der Waals surface area contributed by atoms with Crippen LogP contribution in [-0.4, -0.2) is 56.0 Å². The first-order chi connectivity index (χ1) is 16.5. The van der Waals surface area contributed by atoms with Gasteiger partial charge in [0.25, 0.3) is 0 Å². The summed E-state index contributed by atoms with van der Waals surface area (Å²) in [6, 6.07) is 14.8. The molecular weight excluding hydrogens is 434 g/mol. The second-order valence-electron chi connectivity index (χ2n) is 8.59. The number of hydrogen-bond acceptors (Lipinski definition) is 5. The standard InChI is InChI=1S/C26H31N3O5/c1-33-23-18-20(9-10-22(23)29-14-5-8-25(29)31)27-26(32)19-11-15-28(16-12-19)24(30)13-17-34-21-6-3-2-4-7-21/h2-4,6-7,9-10,18-19H,5,8,11-17H2,1H3,(H,27,32). The predicted molar refractivity (Wildman–Crippen MR) is 129 cm³/mol. The lowest BCUT2D eigenvalue weighted by atomic mass is 9.95. The second-order valence-corrected chi connectivity index (χ2v) is 8.59. The maximum absolute atomic E-state index is 12.8. The summed E-state index contributed by atoms with van der Waals surface area (Å²) in [5.41, 5.74) is 1.36. The van der Waals surface area contributed by atoms with Gasteiger partial charge in [-0.25, -0.2) is 0 Å². The van der Waals surface area contributed by atoms with E-state index in [-0.39, 0.29) is 23.6 Å². The fraction of sp³-hybridized carbons (Fsp3) is 0.423. The summed E-state index contributed by atoms with van der Waals surface area (Å²) in [6.45, 7) is 2.13. The van der Waals surface area contributed by atoms with E-state index in [1.165, 1.54) is 0 Å². The minimum atomic E-state index is -0.157. The number of para-hydroxylation sites is 1. The molecule has 2 aromatic carbocycles. The normalized spacial score (nSPS) is 16.4. The first-order valence-electron chi connectivity index (χ1n) is 11.8. The van der Waals surface area contributed by atoms with Gasteiger partial charge in [-0.1, -0.05) is 18.2 Å². The van der Waals surface area contributed by atoms with Gasteiger partial charge in [0.2, 0.25) is 17.7 Å². The number of likely N-dealkylation sites (tertiary alicyclic amines) is 1. The van der Waals surface area contributed by atoms with E-state index in [9.17, 15) is 14.4 Å². The fourth-order valence-corrected chi connectivity index (χ4v) is 4.45. The Morgan fingerprint density at radius 1 is 1.06 bits per heavy atom. The van der Waals surface area contributed by atoms with Crippen molar-refractivity contribution in [3.8, 4) is 11.5 Å². The number of nitrogens with zero attached hydrogens (tertiary/aromatic N) is 2. The Kier molecular flexibility index (Phi) is 7.67. The lowest BCUT2D eigenvalue weighted by Crippen LogP contribution is -2.41. The zero-order chi connectivity index (χ0) is 23.9. The Hall–Kier alpha value is -3.55. The Labute approximate surface area is 199 Å². The van der Waals surface area contributed by atoms with Crippen molar-refractivity contribution in [3.05, 3.63) is 48.5 Å². The molecule has 2 saturated heterocycles. The number of ether oxygens (including phenoxy) is 2. The number of hydrogen-bond donors (Lipinski definition) is 1. The van der Waals surface area contributed by atoms with Gasteiger partial charge >= 0.3 is 0 Å². The summed E-state index contributed by atoms with van der Waals surface area (Å²) >= 11 is 0. The second kappa shape index (κ2) is 11.0. The molecular formula is C26H31N3O5. The quantitative estimate of drug-likeness (QED) is 0.645. The maximum Gasteiger partial charge on any atom is 0.227 e. The highest BCUT2D eigenvalue weighted by Crippen LogP contribution is 2.34. The third kappa shape index (κ3) is 5.68. The van der Waals surface area contributed by atoms with Crippen LogP contribution in [0.5, 0.6) is 11.5 Å². The zero-order valence-electron chi connectivity index (χ0n) is 19.5. The SMILES string of the molecule is COc1cc(NC(=O)C2CCN(C(=O)CCOc3ccccc3)CC2)ccc1N1CCCC1=O. The predicted octanol–water partition coefficient (Wildman–Crippen LogP) is 3.47. The zero-order valence-corrected chi connectivity index (χ0v) is 19.5. The van der Waals surface area contributed by atoms with Crippen LogP contribution in [0.2, 0.25) is 0 Å². The number of anilines is 2. The summed E-state index contributed by atoms with van der Waals surface area (Å²) in [4.78, 5) is 40.9. The fourth-order valence-electron chi connectivity index (χ4n) is 4.45. The third-order valence-electron chi connectivity index (χ3n) is 6.36. The smallest absolute Gasteiger partial charge is 0.227 e. The van der Waals surface area contributed by atoms with E-state index >= 15 is 0 Å². The third-order valence-corrected chi connectivity index (χ3v) is 6.36. The summed E-state index contributed by atoms with van der Waals surface area (Å²) in [6.07, 6.45) is 2.94. The van der Waals surface area contributed by atoms with E-state index in [0.717, 1.165) is 17.9 Å². The number of carbonyl (C=O) groups is 3. The topological polar surface area (TPSA) is 88.2 Å². The highest BCUT2D eigenvalue weighted by Gasteiger charge is 2.28. The first-order valence-corrected chi connectivity index (χ1v) is 11.8. The molecule has 0 radical (unpaired) electrons. The Balaban J connectivity index is 1.25. The summed E-state index contributed by atoms with van der Waals surface area (Å²) in [7, 11) is 1.56. The van der Waals surface area contributed by atoms with Gasteiger partial charge in [0.05, 0.1) is 25.8 Å². The molecule has 2 heterocycles. The molecule has 2 aromatic rings. The van der Waals surface area contributed by atoms with Gasteiger partial charge in [-0.05, 0) is 43.5 Å². The van der Waals surface area contributed by atoms with Crippen molar-refractivity contribution < 1.29 is 23.9 Å². The van der Waals surface area contributed by atoms with Crippen molar-refractivity contribution in [1.82, 2.24) is 4.90 Å². The number of benzene rings is 2. The molecule has 2 fully saturated rings. The van der Waals surface area contributed by atoms with Crippen LogP contribution in [0.1, 0.15) is 32.1 Å². The van der Waals surface area contributed by atoms with Crippen LogP contribution in [0.3, 0.4) is 0 Å². The maximum atomic E-state index is 12.8. The lowest BCUT2D eigenvalue weighted by molar-refractivity contribution is -0.135. The molecule has 8 heteroatoms. The Morgan fingerprint density at radius 2 is 1.82 bits per heavy atom. The van der Waals surface area contributed by atoms with E-state index in [4.69, 9.17) is 9.47 Å². The average Bonchev–Trinajstić information content (AvgIpc) is 3.30. The molecule has 3 amide bonds. The van der Waals surface area contributed by atoms with Gasteiger partial charge in [0, 0.05) is 43.7 Å². The van der Waals surface area contributed by atoms with Gasteiger partial charge in [0.1, 0.15) is 11.5 Å². The Morgan fingerprint density at radius 3 is 2.50 bits per heavy atom. The number of piperidine rings is 1. The highest BCUT2D eigenvalue weighted by atomic mass is 16.5. The molecule has 0 unspecified atom stereocenters. The molecule has 0 spiro atoms. The van der Waals surface area contributed by atoms with Gasteiger partial charge in [0.15, 0.2) is 0 Å². The van der Waals surface area contributed by atoms with Crippen LogP contribution < -0.4 is 19.7 Å². The average molecular weight is 466 g/mol. The van der Waals surface area contributed by atoms with E-state index < -0.39 is 0 Å². The number of amides is 3. The van der Waals surface area contributed by atoms with Gasteiger partial charge in [-0.3, -0.25) is 14.4 Å². The summed E-state index contributed by atoms with van der Waals surface area (Å²) in [5.74, 6) is 1.23. The molecule has 0 atom stereocenters. The van der Waals surface area contributed by atoms with Crippen LogP contribution in [0.4, 0.5) is 11.4 Å². The van der Waals surface area contributed by atoms with Crippen molar-refractivity contribution in [2.75, 3.05) is 43.6 Å². The molecule has 0 saturated carbocycles. The first kappa shape index (κ1) is 23.6. The van der Waals surface area contributed by atoms with Gasteiger partial charge in [-0.2, -0.15) is 0 Å². The molecule has 180 valence electrons. The Bertz CT molecular complexity index is 1020. The van der Waals surface area contributed by atoms with Crippen molar-refractivity contribution in [2.24, 2.45) is 5.92 Å². The van der Waals surface area contributed by atoms with Gasteiger partial charge in [-0.15, -0.1) is 0 Å². The number of methoxy groups -OCH3 is 1. The minimum Gasteiger partial charge on any atom is -0.494 e. The van der Waals surface area contributed by atoms with Crippen LogP contribution in [-0.2, 0) is 14.4 Å². The molecule has 4 rings (SSSR count). The molecule has 1 N–H and O–H groups in total. The van der Waals surface area contributed by atoms with E-state index in [2.05, 4.69) is 5.32 Å². The molecule has 2 aliphatic heterocycles. The van der Waals surface area contributed by atoms with E-state index in [1.54, 1.807) is 24.1 Å². The lowest BCUT2D eigenvalue weighted by Gasteiger charge is -2.31. The van der Waals surface area contributed by atoms with Crippen LogP contribution in [0.15, 0.2) is 48.5 Å². The monoisotopic (exact) mass is 465 g/mol. The number of nitrogens with one attached hydrogen (secondary N) is 1. The summed E-state index contributed by atoms with van der Waals surface area (Å²) < 4.78 is 11.1. The van der Waals surface area contributed by atoms with Crippen molar-refractivity contribution in [2.45, 2.75) is 32.1 Å². The van der Waals surface area contributed by atoms with E-state index in [0.29, 0.717) is 63.4 Å². The van der Waals surface area contributed by atoms with Gasteiger partial charge < -0.3 is 24.6 Å². The number of carbonyl (C=O) groups excluding carboxylic acids is 3. The van der Waals surface area contributed by atoms with Crippen molar-refractivity contribution in [3.63, 3.8) is 0 Å². The molecule has 34 heavy (non-hydrogen) atoms. The largest absolute Gasteiger partial charge is 0.494 e. The molecule has 2 aliphatic rings. The highest BCUT2D eigenvalue weighted by molar-refractivity contribution is 5.98. The molecule has 0 aliphatic carbocycles. The molecule has 8 nitrogen and oxygen atoms in total. The van der Waals surface area contributed by atoms with Crippen molar-refractivity contribution in [1.29, 1.82) is 0 Å². The minimum absolute atomic E-state index is 0.0478. The molecule has 0 aromatic heterocycles. The van der Waals surface area contributed by atoms with Crippen LogP contribution in [0, 0.1) is 5.92 Å². The molecule has 0 bridgehead atoms. The number of rotatable bonds is 8. The van der Waals surface area contributed by atoms with Crippen LogP contribution >= 0.6 is 0 Å². The van der Waals surface area contributed by atoms with Crippen molar-refractivity contribution >= 4 is 29.1 Å². The summed E-state index contributed by atoms with van der Waals surface area (Å²) in [5, 5.41) is 2.97. The van der Waals surface area contributed by atoms with Crippen LogP contribution in [0.25, 0.3) is 0 Å².